The second-order valence-corrected chi connectivity index (χ2v) is 5.84. The number of hydrogen-bond donors (Lipinski definition) is 3. The molecule has 0 heterocycles. The van der Waals surface area contributed by atoms with Crippen LogP contribution in [0.1, 0.15) is 41.6 Å². The molecule has 0 unspecified atom stereocenters. The van der Waals surface area contributed by atoms with E-state index in [2.05, 4.69) is 10.6 Å². The van der Waals surface area contributed by atoms with Crippen LogP contribution in [0.15, 0.2) is 18.2 Å². The normalized spacial score (nSPS) is 16.3. The lowest BCUT2D eigenvalue weighted by atomic mass is 9.98. The van der Waals surface area contributed by atoms with Crippen LogP contribution in [0.4, 0.5) is 4.39 Å². The van der Waals surface area contributed by atoms with Crippen LogP contribution in [-0.2, 0) is 4.79 Å². The number of amides is 2. The maximum absolute atomic E-state index is 13.4. The van der Waals surface area contributed by atoms with E-state index in [9.17, 15) is 14.0 Å². The van der Waals surface area contributed by atoms with Crippen molar-refractivity contribution in [3.63, 3.8) is 0 Å². The van der Waals surface area contributed by atoms with Gasteiger partial charge in [0.1, 0.15) is 5.82 Å². The van der Waals surface area contributed by atoms with E-state index in [0.717, 1.165) is 12.8 Å². The minimum Gasteiger partial charge on any atom is -0.353 e. The first kappa shape index (κ1) is 16.4. The lowest BCUT2D eigenvalue weighted by Gasteiger charge is -2.22. The van der Waals surface area contributed by atoms with Crippen LogP contribution in [-0.4, -0.2) is 30.4 Å². The van der Waals surface area contributed by atoms with Crippen molar-refractivity contribution in [1.82, 2.24) is 10.6 Å². The molecule has 0 aliphatic heterocycles. The number of nitrogens with one attached hydrogen (secondary N) is 2. The van der Waals surface area contributed by atoms with E-state index in [4.69, 9.17) is 5.73 Å². The van der Waals surface area contributed by atoms with Crippen molar-refractivity contribution in [3.05, 3.63) is 35.1 Å². The van der Waals surface area contributed by atoms with Crippen molar-refractivity contribution in [2.45, 2.75) is 38.1 Å². The van der Waals surface area contributed by atoms with E-state index >= 15 is 0 Å². The van der Waals surface area contributed by atoms with Gasteiger partial charge in [0.2, 0.25) is 5.91 Å². The summed E-state index contributed by atoms with van der Waals surface area (Å²) in [5.74, 6) is -0.940. The van der Waals surface area contributed by atoms with Gasteiger partial charge in [-0.15, -0.1) is 0 Å². The quantitative estimate of drug-likeness (QED) is 0.716. The highest BCUT2D eigenvalue weighted by atomic mass is 19.1. The van der Waals surface area contributed by atoms with Gasteiger partial charge >= 0.3 is 0 Å². The molecule has 0 aromatic heterocycles. The van der Waals surface area contributed by atoms with Gasteiger partial charge < -0.3 is 16.4 Å². The van der Waals surface area contributed by atoms with E-state index in [0.29, 0.717) is 24.9 Å². The lowest BCUT2D eigenvalue weighted by Crippen LogP contribution is -2.53. The first-order valence-electron chi connectivity index (χ1n) is 7.54. The van der Waals surface area contributed by atoms with Gasteiger partial charge in [0.15, 0.2) is 0 Å². The van der Waals surface area contributed by atoms with Crippen LogP contribution in [0.2, 0.25) is 0 Å². The summed E-state index contributed by atoms with van der Waals surface area (Å²) in [6.45, 7) is 2.21. The average molecular weight is 307 g/mol. The Morgan fingerprint density at radius 1 is 1.23 bits per heavy atom. The Morgan fingerprint density at radius 2 is 1.86 bits per heavy atom. The minimum atomic E-state index is -0.760. The Balaban J connectivity index is 1.75. The van der Waals surface area contributed by atoms with Crippen molar-refractivity contribution >= 4 is 11.8 Å². The van der Waals surface area contributed by atoms with Gasteiger partial charge in [0.25, 0.3) is 5.91 Å². The first-order valence-corrected chi connectivity index (χ1v) is 7.54. The molecule has 0 bridgehead atoms. The third-order valence-electron chi connectivity index (χ3n) is 4.08. The summed E-state index contributed by atoms with van der Waals surface area (Å²) in [5.41, 5.74) is 6.02. The molecule has 120 valence electrons. The summed E-state index contributed by atoms with van der Waals surface area (Å²) in [6, 6.07) is 4.33. The molecule has 0 atom stereocenters. The van der Waals surface area contributed by atoms with Crippen LogP contribution in [0.5, 0.6) is 0 Å². The summed E-state index contributed by atoms with van der Waals surface area (Å²) in [7, 11) is 0. The van der Waals surface area contributed by atoms with Crippen molar-refractivity contribution in [1.29, 1.82) is 0 Å². The van der Waals surface area contributed by atoms with Crippen LogP contribution in [0.25, 0.3) is 0 Å². The molecule has 1 aromatic carbocycles. The summed E-state index contributed by atoms with van der Waals surface area (Å²) in [4.78, 5) is 23.8. The van der Waals surface area contributed by atoms with Crippen LogP contribution >= 0.6 is 0 Å². The number of carbonyl (C=O) groups is 2. The van der Waals surface area contributed by atoms with Crippen molar-refractivity contribution in [2.75, 3.05) is 13.1 Å². The van der Waals surface area contributed by atoms with Gasteiger partial charge in [-0.3, -0.25) is 9.59 Å². The minimum absolute atomic E-state index is 0.166. The smallest absolute Gasteiger partial charge is 0.251 e. The highest BCUT2D eigenvalue weighted by Gasteiger charge is 2.36. The Morgan fingerprint density at radius 3 is 2.50 bits per heavy atom. The number of benzene rings is 1. The number of aryl methyl sites for hydroxylation is 1. The summed E-state index contributed by atoms with van der Waals surface area (Å²) >= 11 is 0. The molecule has 2 rings (SSSR count). The van der Waals surface area contributed by atoms with Gasteiger partial charge in [-0.05, 0) is 37.5 Å². The fraction of sp³-hybridized carbons (Fsp3) is 0.500. The molecule has 4 N–H and O–H groups in total. The third-order valence-corrected chi connectivity index (χ3v) is 4.08. The molecule has 1 aliphatic rings. The van der Waals surface area contributed by atoms with Crippen LogP contribution in [0, 0.1) is 12.7 Å². The largest absolute Gasteiger partial charge is 0.353 e. The standard InChI is InChI=1S/C16H22FN3O2/c1-11-4-5-12(10-13(11)17)14(21)19-8-9-20-15(22)16(18)6-2-3-7-16/h4-5,10H,2-3,6-9,18H2,1H3,(H,19,21)(H,20,22). The summed E-state index contributed by atoms with van der Waals surface area (Å²) in [5, 5.41) is 5.38. The second kappa shape index (κ2) is 6.87. The molecule has 1 aromatic rings. The highest BCUT2D eigenvalue weighted by Crippen LogP contribution is 2.26. The summed E-state index contributed by atoms with van der Waals surface area (Å²) in [6.07, 6.45) is 3.35. The maximum Gasteiger partial charge on any atom is 0.251 e. The maximum atomic E-state index is 13.4. The highest BCUT2D eigenvalue weighted by molar-refractivity contribution is 5.94. The molecule has 5 nitrogen and oxygen atoms in total. The zero-order valence-corrected chi connectivity index (χ0v) is 12.7. The number of carbonyl (C=O) groups excluding carboxylic acids is 2. The van der Waals surface area contributed by atoms with Gasteiger partial charge in [0.05, 0.1) is 5.54 Å². The first-order chi connectivity index (χ1) is 10.4. The Labute approximate surface area is 129 Å². The average Bonchev–Trinajstić information content (AvgIpc) is 2.94. The Bertz CT molecular complexity index is 569. The zero-order chi connectivity index (χ0) is 16.2. The lowest BCUT2D eigenvalue weighted by molar-refractivity contribution is -0.126. The van der Waals surface area contributed by atoms with E-state index < -0.39 is 11.4 Å². The molecule has 0 spiro atoms. The second-order valence-electron chi connectivity index (χ2n) is 5.84. The molecule has 1 aliphatic carbocycles. The van der Waals surface area contributed by atoms with Gasteiger partial charge in [0, 0.05) is 18.7 Å². The zero-order valence-electron chi connectivity index (χ0n) is 12.7. The fourth-order valence-electron chi connectivity index (χ4n) is 2.60. The van der Waals surface area contributed by atoms with E-state index in [1.807, 2.05) is 0 Å². The van der Waals surface area contributed by atoms with Crippen LogP contribution in [0.3, 0.4) is 0 Å². The predicted octanol–water partition coefficient (Wildman–Crippen LogP) is 1.25. The molecule has 1 fully saturated rings. The van der Waals surface area contributed by atoms with Crippen molar-refractivity contribution < 1.29 is 14.0 Å². The number of hydrogen-bond acceptors (Lipinski definition) is 3. The predicted molar refractivity (Wildman–Crippen MR) is 81.9 cm³/mol. The van der Waals surface area contributed by atoms with Crippen molar-refractivity contribution in [2.24, 2.45) is 5.73 Å². The molecular formula is C16H22FN3O2. The molecule has 0 radical (unpaired) electrons. The summed E-state index contributed by atoms with van der Waals surface area (Å²) < 4.78 is 13.4. The topological polar surface area (TPSA) is 84.2 Å². The van der Waals surface area contributed by atoms with Gasteiger partial charge in [-0.25, -0.2) is 4.39 Å². The van der Waals surface area contributed by atoms with Crippen LogP contribution < -0.4 is 16.4 Å². The molecule has 2 amide bonds. The Kier molecular flexibility index (Phi) is 5.13. The van der Waals surface area contributed by atoms with E-state index in [-0.39, 0.29) is 23.9 Å². The van der Waals surface area contributed by atoms with E-state index in [1.165, 1.54) is 6.07 Å². The fourth-order valence-corrected chi connectivity index (χ4v) is 2.60. The SMILES string of the molecule is Cc1ccc(C(=O)NCCNC(=O)C2(N)CCCC2)cc1F. The van der Waals surface area contributed by atoms with Crippen molar-refractivity contribution in [3.8, 4) is 0 Å². The third kappa shape index (κ3) is 3.82. The molecule has 6 heteroatoms. The Hall–Kier alpha value is -1.95. The molecule has 0 saturated heterocycles. The van der Waals surface area contributed by atoms with Gasteiger partial charge in [-0.2, -0.15) is 0 Å². The molecular weight excluding hydrogens is 285 g/mol. The van der Waals surface area contributed by atoms with Gasteiger partial charge in [-0.1, -0.05) is 18.9 Å². The molecule has 22 heavy (non-hydrogen) atoms. The number of rotatable bonds is 5. The number of nitrogens with two attached hydrogens (primary N) is 1. The monoisotopic (exact) mass is 307 g/mol. The molecule has 1 saturated carbocycles. The van der Waals surface area contributed by atoms with E-state index in [1.54, 1.807) is 19.1 Å². The number of halogens is 1.